The molecule has 1 atom stereocenters. The van der Waals surface area contributed by atoms with E-state index < -0.39 is 11.2 Å². The molecule has 0 fully saturated rings. The third-order valence-corrected chi connectivity index (χ3v) is 6.52. The Kier molecular flexibility index (Phi) is 8.56. The van der Waals surface area contributed by atoms with Gasteiger partial charge in [0.2, 0.25) is 5.91 Å². The lowest BCUT2D eigenvalue weighted by Crippen LogP contribution is -2.24. The summed E-state index contributed by atoms with van der Waals surface area (Å²) in [6.07, 6.45) is 0.521. The molecule has 0 aromatic heterocycles. The number of halogens is 1. The lowest BCUT2D eigenvalue weighted by Gasteiger charge is -2.16. The molecule has 0 aliphatic rings. The van der Waals surface area contributed by atoms with Gasteiger partial charge in [0.05, 0.1) is 28.6 Å². The van der Waals surface area contributed by atoms with Crippen LogP contribution in [-0.2, 0) is 4.79 Å². The molecule has 9 heteroatoms. The predicted octanol–water partition coefficient (Wildman–Crippen LogP) is 5.81. The van der Waals surface area contributed by atoms with E-state index in [4.69, 9.17) is 16.3 Å². The Bertz CT molecular complexity index is 1220. The van der Waals surface area contributed by atoms with Crippen LogP contribution in [0.15, 0.2) is 71.6 Å². The number of amides is 2. The zero-order valence-corrected chi connectivity index (χ0v) is 20.1. The molecule has 0 saturated heterocycles. The average Bonchev–Trinajstić information content (AvgIpc) is 2.83. The van der Waals surface area contributed by atoms with Crippen LogP contribution in [0.4, 0.5) is 11.4 Å². The molecule has 0 radical (unpaired) electrons. The molecular formula is C25H23ClN2O5S. The molecule has 1 unspecified atom stereocenters. The quantitative estimate of drug-likeness (QED) is 0.322. The number of anilines is 2. The van der Waals surface area contributed by atoms with E-state index in [2.05, 4.69) is 10.6 Å². The molecule has 3 N–H and O–H groups in total. The van der Waals surface area contributed by atoms with Gasteiger partial charge in [0, 0.05) is 16.1 Å². The highest BCUT2D eigenvalue weighted by Crippen LogP contribution is 2.30. The van der Waals surface area contributed by atoms with Gasteiger partial charge in [0.25, 0.3) is 5.91 Å². The van der Waals surface area contributed by atoms with E-state index in [1.807, 2.05) is 13.0 Å². The Morgan fingerprint density at radius 1 is 1.00 bits per heavy atom. The van der Waals surface area contributed by atoms with Crippen molar-refractivity contribution in [2.75, 3.05) is 17.7 Å². The van der Waals surface area contributed by atoms with Crippen molar-refractivity contribution < 1.29 is 24.2 Å². The van der Waals surface area contributed by atoms with Gasteiger partial charge < -0.3 is 20.5 Å². The molecule has 34 heavy (non-hydrogen) atoms. The number of methoxy groups -OCH3 is 1. The second-order valence-corrected chi connectivity index (χ2v) is 8.90. The van der Waals surface area contributed by atoms with Gasteiger partial charge in [0.1, 0.15) is 5.75 Å². The fourth-order valence-corrected chi connectivity index (χ4v) is 4.25. The zero-order chi connectivity index (χ0) is 24.7. The minimum absolute atomic E-state index is 0.0277. The second kappa shape index (κ2) is 11.6. The van der Waals surface area contributed by atoms with E-state index in [0.29, 0.717) is 23.4 Å². The molecule has 3 rings (SSSR count). The first-order chi connectivity index (χ1) is 16.3. The summed E-state index contributed by atoms with van der Waals surface area (Å²) in [7, 11) is 1.54. The van der Waals surface area contributed by atoms with E-state index in [1.54, 1.807) is 42.5 Å². The lowest BCUT2D eigenvalue weighted by atomic mass is 10.2. The maximum absolute atomic E-state index is 12.9. The molecular weight excluding hydrogens is 476 g/mol. The van der Waals surface area contributed by atoms with Crippen molar-refractivity contribution in [2.24, 2.45) is 0 Å². The van der Waals surface area contributed by atoms with Gasteiger partial charge in [0.15, 0.2) is 0 Å². The van der Waals surface area contributed by atoms with Gasteiger partial charge >= 0.3 is 5.97 Å². The Morgan fingerprint density at radius 3 is 2.47 bits per heavy atom. The number of nitrogens with one attached hydrogen (secondary N) is 2. The van der Waals surface area contributed by atoms with E-state index in [0.717, 1.165) is 4.90 Å². The minimum atomic E-state index is -1.11. The van der Waals surface area contributed by atoms with Crippen LogP contribution < -0.4 is 15.4 Å². The first-order valence-electron chi connectivity index (χ1n) is 10.4. The van der Waals surface area contributed by atoms with Crippen LogP contribution >= 0.6 is 23.4 Å². The molecule has 3 aromatic rings. The Morgan fingerprint density at radius 2 is 1.76 bits per heavy atom. The van der Waals surface area contributed by atoms with Crippen molar-refractivity contribution in [3.8, 4) is 5.75 Å². The Balaban J connectivity index is 1.70. The number of benzene rings is 3. The molecule has 0 saturated carbocycles. The molecule has 2 amide bonds. The maximum atomic E-state index is 12.9. The monoisotopic (exact) mass is 498 g/mol. The smallest absolute Gasteiger partial charge is 0.335 e. The van der Waals surface area contributed by atoms with Gasteiger partial charge in [-0.1, -0.05) is 30.7 Å². The molecule has 0 aliphatic heterocycles. The van der Waals surface area contributed by atoms with Crippen molar-refractivity contribution in [3.05, 3.63) is 82.9 Å². The average molecular weight is 499 g/mol. The summed E-state index contributed by atoms with van der Waals surface area (Å²) < 4.78 is 5.16. The lowest BCUT2D eigenvalue weighted by molar-refractivity contribution is -0.115. The van der Waals surface area contributed by atoms with Crippen LogP contribution in [0.25, 0.3) is 0 Å². The summed E-state index contributed by atoms with van der Waals surface area (Å²) >= 11 is 7.46. The van der Waals surface area contributed by atoms with Crippen LogP contribution in [-0.4, -0.2) is 35.2 Å². The van der Waals surface area contributed by atoms with Gasteiger partial charge in [-0.25, -0.2) is 4.79 Å². The summed E-state index contributed by atoms with van der Waals surface area (Å²) in [5.74, 6) is -1.11. The van der Waals surface area contributed by atoms with E-state index >= 15 is 0 Å². The summed E-state index contributed by atoms with van der Waals surface area (Å²) in [5, 5.41) is 14.5. The zero-order valence-electron chi connectivity index (χ0n) is 18.5. The number of carboxylic acids is 1. The highest BCUT2D eigenvalue weighted by molar-refractivity contribution is 8.00. The van der Waals surface area contributed by atoms with Gasteiger partial charge in [-0.05, 0) is 61.0 Å². The number of carbonyl (C=O) groups is 3. The fourth-order valence-electron chi connectivity index (χ4n) is 3.07. The topological polar surface area (TPSA) is 105 Å². The van der Waals surface area contributed by atoms with Crippen LogP contribution in [0.1, 0.15) is 34.1 Å². The Labute approximate surface area is 206 Å². The van der Waals surface area contributed by atoms with Crippen molar-refractivity contribution in [2.45, 2.75) is 23.5 Å². The van der Waals surface area contributed by atoms with Gasteiger partial charge in [-0.15, -0.1) is 11.8 Å². The first-order valence-corrected chi connectivity index (χ1v) is 11.6. The molecule has 0 bridgehead atoms. The SMILES string of the molecule is CCC(Sc1cccc(NC(=O)c2cccc(OC)c2)c1)C(=O)Nc1cc(C(=O)O)ccc1Cl. The summed E-state index contributed by atoms with van der Waals surface area (Å²) in [6, 6.07) is 18.2. The standard InChI is InChI=1S/C25H23ClN2O5S/c1-3-22(24(30)28-21-13-16(25(31)32)10-11-20(21)26)34-19-9-5-7-17(14-19)27-23(29)15-6-4-8-18(12-15)33-2/h4-14,22H,3H2,1-2H3,(H,27,29)(H,28,30)(H,31,32). The number of rotatable bonds is 9. The predicted molar refractivity (Wildman–Crippen MR) is 134 cm³/mol. The van der Waals surface area contributed by atoms with E-state index in [-0.39, 0.29) is 28.1 Å². The van der Waals surface area contributed by atoms with Crippen LogP contribution in [0.5, 0.6) is 5.75 Å². The molecule has 3 aromatic carbocycles. The summed E-state index contributed by atoms with van der Waals surface area (Å²) in [6.45, 7) is 1.88. The third kappa shape index (κ3) is 6.52. The summed E-state index contributed by atoms with van der Waals surface area (Å²) in [4.78, 5) is 37.5. The molecule has 176 valence electrons. The number of carbonyl (C=O) groups excluding carboxylic acids is 2. The number of aromatic carboxylic acids is 1. The normalized spacial score (nSPS) is 11.4. The van der Waals surface area contributed by atoms with E-state index in [9.17, 15) is 19.5 Å². The van der Waals surface area contributed by atoms with Gasteiger partial charge in [-0.2, -0.15) is 0 Å². The highest BCUT2D eigenvalue weighted by atomic mass is 35.5. The number of ether oxygens (including phenoxy) is 1. The van der Waals surface area contributed by atoms with Crippen molar-refractivity contribution >= 4 is 52.5 Å². The largest absolute Gasteiger partial charge is 0.497 e. The fraction of sp³-hybridized carbons (Fsp3) is 0.160. The first kappa shape index (κ1) is 25.1. The maximum Gasteiger partial charge on any atom is 0.335 e. The molecule has 7 nitrogen and oxygen atoms in total. The van der Waals surface area contributed by atoms with Crippen molar-refractivity contribution in [1.82, 2.24) is 0 Å². The highest BCUT2D eigenvalue weighted by Gasteiger charge is 2.20. The number of thioether (sulfide) groups is 1. The van der Waals surface area contributed by atoms with Crippen molar-refractivity contribution in [3.63, 3.8) is 0 Å². The third-order valence-electron chi connectivity index (χ3n) is 4.84. The minimum Gasteiger partial charge on any atom is -0.497 e. The van der Waals surface area contributed by atoms with Gasteiger partial charge in [-0.3, -0.25) is 9.59 Å². The van der Waals surface area contributed by atoms with Crippen molar-refractivity contribution in [1.29, 1.82) is 0 Å². The van der Waals surface area contributed by atoms with Crippen LogP contribution in [0.2, 0.25) is 5.02 Å². The summed E-state index contributed by atoms with van der Waals surface area (Å²) in [5.41, 5.74) is 1.32. The molecule has 0 spiro atoms. The number of hydrogen-bond donors (Lipinski definition) is 3. The molecule has 0 aliphatic carbocycles. The number of hydrogen-bond acceptors (Lipinski definition) is 5. The molecule has 0 heterocycles. The van der Waals surface area contributed by atoms with E-state index in [1.165, 1.54) is 37.1 Å². The van der Waals surface area contributed by atoms with Crippen LogP contribution in [0, 0.1) is 0 Å². The Hall–Kier alpha value is -3.49. The second-order valence-electron chi connectivity index (χ2n) is 7.22. The number of carboxylic acid groups (broad SMARTS) is 1. The van der Waals surface area contributed by atoms with Crippen LogP contribution in [0.3, 0.4) is 0 Å².